The maximum Gasteiger partial charge on any atom is 0.337 e. The van der Waals surface area contributed by atoms with Gasteiger partial charge in [0.1, 0.15) is 0 Å². The molecule has 0 saturated heterocycles. The predicted molar refractivity (Wildman–Crippen MR) is 111 cm³/mol. The maximum absolute atomic E-state index is 13.1. The Bertz CT molecular complexity index is 1060. The molecule has 2 aromatic carbocycles. The van der Waals surface area contributed by atoms with Gasteiger partial charge in [-0.3, -0.25) is 4.90 Å². The number of hydrogen-bond acceptors (Lipinski definition) is 6. The molecule has 0 aromatic heterocycles. The van der Waals surface area contributed by atoms with Gasteiger partial charge in [0.15, 0.2) is 11.5 Å². The highest BCUT2D eigenvalue weighted by molar-refractivity contribution is 6.03. The second-order valence-electron chi connectivity index (χ2n) is 6.64. The summed E-state index contributed by atoms with van der Waals surface area (Å²) < 4.78 is 15.8. The van der Waals surface area contributed by atoms with Crippen LogP contribution in [0.4, 0.5) is 10.5 Å². The molecule has 1 heterocycles. The SMILES string of the molecule is COC(=O)C1=C(C)N(c2ccc(C(=O)O)cc2)C(=O)NC1c1cccc(OC)c1OC. The summed E-state index contributed by atoms with van der Waals surface area (Å²) in [6, 6.07) is 9.56. The van der Waals surface area contributed by atoms with Gasteiger partial charge in [0.05, 0.1) is 44.2 Å². The Morgan fingerprint density at radius 2 is 1.71 bits per heavy atom. The van der Waals surface area contributed by atoms with Crippen molar-refractivity contribution in [1.82, 2.24) is 5.32 Å². The summed E-state index contributed by atoms with van der Waals surface area (Å²) in [6.45, 7) is 1.62. The van der Waals surface area contributed by atoms with E-state index in [1.165, 1.54) is 50.5 Å². The van der Waals surface area contributed by atoms with E-state index in [9.17, 15) is 14.4 Å². The highest BCUT2D eigenvalue weighted by Gasteiger charge is 2.38. The van der Waals surface area contributed by atoms with E-state index in [2.05, 4.69) is 5.32 Å². The lowest BCUT2D eigenvalue weighted by Gasteiger charge is -2.35. The van der Waals surface area contributed by atoms with Crippen LogP contribution in [0, 0.1) is 0 Å². The number of allylic oxidation sites excluding steroid dienone is 1. The Morgan fingerprint density at radius 3 is 2.26 bits per heavy atom. The Morgan fingerprint density at radius 1 is 1.03 bits per heavy atom. The van der Waals surface area contributed by atoms with Crippen LogP contribution in [-0.4, -0.2) is 44.4 Å². The second kappa shape index (κ2) is 8.78. The van der Waals surface area contributed by atoms with Crippen LogP contribution in [0.3, 0.4) is 0 Å². The number of hydrogen-bond donors (Lipinski definition) is 2. The molecule has 162 valence electrons. The van der Waals surface area contributed by atoms with E-state index in [1.807, 2.05) is 0 Å². The van der Waals surface area contributed by atoms with Crippen LogP contribution >= 0.6 is 0 Å². The third kappa shape index (κ3) is 3.89. The summed E-state index contributed by atoms with van der Waals surface area (Å²) in [5.41, 5.74) is 1.55. The zero-order valence-electron chi connectivity index (χ0n) is 17.5. The standard InChI is InChI=1S/C22H22N2O7/c1-12-17(21(27)31-4)18(15-6-5-7-16(29-2)19(15)30-3)23-22(28)24(12)14-10-8-13(9-11-14)20(25)26/h5-11,18H,1-4H3,(H,23,28)(H,25,26). The van der Waals surface area contributed by atoms with E-state index in [-0.39, 0.29) is 11.1 Å². The molecule has 0 radical (unpaired) electrons. The molecule has 1 unspecified atom stereocenters. The van der Waals surface area contributed by atoms with Crippen molar-refractivity contribution in [2.45, 2.75) is 13.0 Å². The van der Waals surface area contributed by atoms with Crippen LogP contribution in [0.5, 0.6) is 11.5 Å². The molecule has 1 aliphatic rings. The number of ether oxygens (including phenoxy) is 3. The lowest BCUT2D eigenvalue weighted by atomic mass is 9.93. The third-order valence-corrected chi connectivity index (χ3v) is 5.01. The van der Waals surface area contributed by atoms with Crippen molar-refractivity contribution in [3.05, 3.63) is 64.9 Å². The molecule has 9 heteroatoms. The molecule has 0 aliphatic carbocycles. The van der Waals surface area contributed by atoms with Crippen LogP contribution < -0.4 is 19.7 Å². The lowest BCUT2D eigenvalue weighted by molar-refractivity contribution is -0.136. The topological polar surface area (TPSA) is 114 Å². The van der Waals surface area contributed by atoms with Gasteiger partial charge in [0.2, 0.25) is 0 Å². The van der Waals surface area contributed by atoms with Crippen LogP contribution in [0.15, 0.2) is 53.7 Å². The van der Waals surface area contributed by atoms with Gasteiger partial charge < -0.3 is 24.6 Å². The largest absolute Gasteiger partial charge is 0.493 e. The van der Waals surface area contributed by atoms with E-state index in [4.69, 9.17) is 19.3 Å². The summed E-state index contributed by atoms with van der Waals surface area (Å²) in [4.78, 5) is 38.2. The number of rotatable bonds is 6. The first-order valence-electron chi connectivity index (χ1n) is 9.28. The van der Waals surface area contributed by atoms with E-state index < -0.39 is 24.0 Å². The number of urea groups is 1. The number of methoxy groups -OCH3 is 3. The molecule has 1 aliphatic heterocycles. The minimum atomic E-state index is -1.08. The second-order valence-corrected chi connectivity index (χ2v) is 6.64. The number of amides is 2. The number of carbonyl (C=O) groups is 3. The lowest BCUT2D eigenvalue weighted by Crippen LogP contribution is -2.48. The molecule has 2 N–H and O–H groups in total. The summed E-state index contributed by atoms with van der Waals surface area (Å²) in [6.07, 6.45) is 0. The third-order valence-electron chi connectivity index (χ3n) is 5.01. The van der Waals surface area contributed by atoms with Crippen molar-refractivity contribution in [3.8, 4) is 11.5 Å². The summed E-state index contributed by atoms with van der Waals surface area (Å²) >= 11 is 0. The van der Waals surface area contributed by atoms with Gasteiger partial charge in [-0.1, -0.05) is 12.1 Å². The van der Waals surface area contributed by atoms with Crippen molar-refractivity contribution in [2.24, 2.45) is 0 Å². The zero-order valence-corrected chi connectivity index (χ0v) is 17.5. The van der Waals surface area contributed by atoms with E-state index in [1.54, 1.807) is 25.1 Å². The molecule has 0 fully saturated rings. The fourth-order valence-corrected chi connectivity index (χ4v) is 3.55. The molecule has 3 rings (SSSR count). The van der Waals surface area contributed by atoms with Crippen molar-refractivity contribution < 1.29 is 33.7 Å². The number of nitrogens with one attached hydrogen (secondary N) is 1. The number of para-hydroxylation sites is 1. The molecule has 2 amide bonds. The molecule has 0 spiro atoms. The van der Waals surface area contributed by atoms with Crippen LogP contribution in [0.2, 0.25) is 0 Å². The van der Waals surface area contributed by atoms with Gasteiger partial charge in [0.25, 0.3) is 0 Å². The van der Waals surface area contributed by atoms with Gasteiger partial charge in [-0.2, -0.15) is 0 Å². The van der Waals surface area contributed by atoms with Gasteiger partial charge in [0, 0.05) is 11.3 Å². The average molecular weight is 426 g/mol. The molecular weight excluding hydrogens is 404 g/mol. The van der Waals surface area contributed by atoms with Gasteiger partial charge in [-0.15, -0.1) is 0 Å². The minimum Gasteiger partial charge on any atom is -0.493 e. The number of benzene rings is 2. The highest BCUT2D eigenvalue weighted by Crippen LogP contribution is 2.41. The van der Waals surface area contributed by atoms with E-state index in [0.717, 1.165) is 0 Å². The first-order chi connectivity index (χ1) is 14.8. The first-order valence-corrected chi connectivity index (χ1v) is 9.28. The Balaban J connectivity index is 2.16. The number of esters is 1. The van der Waals surface area contributed by atoms with Crippen molar-refractivity contribution >= 4 is 23.7 Å². The molecular formula is C22H22N2O7. The van der Waals surface area contributed by atoms with Crippen molar-refractivity contribution in [3.63, 3.8) is 0 Å². The van der Waals surface area contributed by atoms with Crippen LogP contribution in [-0.2, 0) is 9.53 Å². The minimum absolute atomic E-state index is 0.0787. The molecule has 2 aromatic rings. The Hall–Kier alpha value is -4.01. The smallest absolute Gasteiger partial charge is 0.337 e. The number of aromatic carboxylic acids is 1. The van der Waals surface area contributed by atoms with Gasteiger partial charge in [-0.05, 0) is 37.3 Å². The maximum atomic E-state index is 13.1. The summed E-state index contributed by atoms with van der Waals surface area (Å²) in [5.74, 6) is -0.881. The Labute approximate surface area is 178 Å². The predicted octanol–water partition coefficient (Wildman–Crippen LogP) is 3.12. The number of anilines is 1. The molecule has 9 nitrogen and oxygen atoms in total. The number of carbonyl (C=O) groups excluding carboxylic acids is 2. The zero-order chi connectivity index (χ0) is 22.7. The van der Waals surface area contributed by atoms with Crippen molar-refractivity contribution in [1.29, 1.82) is 0 Å². The van der Waals surface area contributed by atoms with E-state index in [0.29, 0.717) is 28.4 Å². The summed E-state index contributed by atoms with van der Waals surface area (Å²) in [5, 5.41) is 11.9. The Kier molecular flexibility index (Phi) is 6.15. The quantitative estimate of drug-likeness (QED) is 0.682. The van der Waals surface area contributed by atoms with Crippen LogP contribution in [0.1, 0.15) is 28.9 Å². The monoisotopic (exact) mass is 426 g/mol. The molecule has 0 saturated carbocycles. The molecule has 0 bridgehead atoms. The van der Waals surface area contributed by atoms with Gasteiger partial charge >= 0.3 is 18.0 Å². The highest BCUT2D eigenvalue weighted by atomic mass is 16.5. The fourth-order valence-electron chi connectivity index (χ4n) is 3.55. The average Bonchev–Trinajstić information content (AvgIpc) is 2.77. The normalized spacial score (nSPS) is 15.9. The molecule has 31 heavy (non-hydrogen) atoms. The number of carboxylic acid groups (broad SMARTS) is 1. The fraction of sp³-hybridized carbons (Fsp3) is 0.227. The van der Waals surface area contributed by atoms with Crippen molar-refractivity contribution in [2.75, 3.05) is 26.2 Å². The van der Waals surface area contributed by atoms with Gasteiger partial charge in [-0.25, -0.2) is 14.4 Å². The summed E-state index contributed by atoms with van der Waals surface area (Å²) in [7, 11) is 4.22. The first kappa shape index (κ1) is 21.7. The van der Waals surface area contributed by atoms with E-state index >= 15 is 0 Å². The number of nitrogens with zero attached hydrogens (tertiary/aromatic N) is 1. The molecule has 1 atom stereocenters. The van der Waals surface area contributed by atoms with Crippen LogP contribution in [0.25, 0.3) is 0 Å². The number of carboxylic acids is 1.